The molecule has 92 valence electrons. The van der Waals surface area contributed by atoms with Gasteiger partial charge in [-0.3, -0.25) is 9.78 Å². The molecule has 4 N–H and O–H groups in total. The first-order valence-electron chi connectivity index (χ1n) is 5.26. The molecule has 0 radical (unpaired) electrons. The van der Waals surface area contributed by atoms with E-state index in [-0.39, 0.29) is 18.0 Å². The van der Waals surface area contributed by atoms with Gasteiger partial charge < -0.3 is 16.2 Å². The Balaban J connectivity index is 2.60. The maximum absolute atomic E-state index is 11.4. The lowest BCUT2D eigenvalue weighted by molar-refractivity contribution is -0.122. The van der Waals surface area contributed by atoms with E-state index in [2.05, 4.69) is 10.3 Å². The third kappa shape index (κ3) is 3.84. The van der Waals surface area contributed by atoms with E-state index in [0.717, 1.165) is 0 Å². The molecule has 17 heavy (non-hydrogen) atoms. The Morgan fingerprint density at radius 3 is 2.88 bits per heavy atom. The molecule has 0 aromatic carbocycles. The van der Waals surface area contributed by atoms with Crippen molar-refractivity contribution >= 4 is 11.9 Å². The molecule has 6 heteroatoms. The van der Waals surface area contributed by atoms with Gasteiger partial charge in [-0.05, 0) is 18.6 Å². The van der Waals surface area contributed by atoms with E-state index in [1.54, 1.807) is 0 Å². The maximum atomic E-state index is 11.4. The van der Waals surface area contributed by atoms with E-state index in [1.165, 1.54) is 18.3 Å². The summed E-state index contributed by atoms with van der Waals surface area (Å²) in [7, 11) is 0. The van der Waals surface area contributed by atoms with Crippen LogP contribution >= 0.6 is 0 Å². The van der Waals surface area contributed by atoms with Crippen molar-refractivity contribution in [1.82, 2.24) is 10.3 Å². The van der Waals surface area contributed by atoms with E-state index >= 15 is 0 Å². The van der Waals surface area contributed by atoms with Crippen molar-refractivity contribution in [3.05, 3.63) is 29.6 Å². The number of nitrogens with zero attached hydrogens (tertiary/aromatic N) is 1. The average molecular weight is 237 g/mol. The summed E-state index contributed by atoms with van der Waals surface area (Å²) >= 11 is 0. The highest BCUT2D eigenvalue weighted by atomic mass is 16.4. The van der Waals surface area contributed by atoms with Gasteiger partial charge in [0.05, 0.1) is 23.8 Å². The largest absolute Gasteiger partial charge is 0.478 e. The summed E-state index contributed by atoms with van der Waals surface area (Å²) in [6, 6.07) is 2.27. The zero-order valence-corrected chi connectivity index (χ0v) is 9.51. The van der Waals surface area contributed by atoms with Crippen LogP contribution in [0.4, 0.5) is 0 Å². The van der Waals surface area contributed by atoms with Crippen LogP contribution in [0.15, 0.2) is 18.3 Å². The smallest absolute Gasteiger partial charge is 0.335 e. The fraction of sp³-hybridized carbons (Fsp3) is 0.364. The summed E-state index contributed by atoms with van der Waals surface area (Å²) in [5, 5.41) is 11.4. The average Bonchev–Trinajstić information content (AvgIpc) is 2.35. The molecule has 0 bridgehead atoms. The van der Waals surface area contributed by atoms with Crippen molar-refractivity contribution < 1.29 is 14.7 Å². The van der Waals surface area contributed by atoms with E-state index in [0.29, 0.717) is 12.1 Å². The molecule has 1 amide bonds. The fourth-order valence-corrected chi connectivity index (χ4v) is 1.20. The van der Waals surface area contributed by atoms with Crippen molar-refractivity contribution in [2.45, 2.75) is 25.9 Å². The van der Waals surface area contributed by atoms with Crippen molar-refractivity contribution in [3.63, 3.8) is 0 Å². The molecular weight excluding hydrogens is 222 g/mol. The molecule has 0 spiro atoms. The summed E-state index contributed by atoms with van der Waals surface area (Å²) in [6.45, 7) is 1.99. The number of rotatable bonds is 5. The number of hydrogen-bond donors (Lipinski definition) is 3. The predicted octanol–water partition coefficient (Wildman–Crippen LogP) is 0.133. The van der Waals surface area contributed by atoms with Gasteiger partial charge in [0.25, 0.3) is 0 Å². The second-order valence-corrected chi connectivity index (χ2v) is 3.57. The summed E-state index contributed by atoms with van der Waals surface area (Å²) < 4.78 is 0. The SMILES string of the molecule is CC[C@@H](N)C(=O)NCc1cc(C(=O)O)ccn1. The van der Waals surface area contributed by atoms with Crippen LogP contribution < -0.4 is 11.1 Å². The van der Waals surface area contributed by atoms with E-state index < -0.39 is 12.0 Å². The van der Waals surface area contributed by atoms with Crippen LogP contribution in [-0.4, -0.2) is 28.0 Å². The van der Waals surface area contributed by atoms with E-state index in [9.17, 15) is 9.59 Å². The monoisotopic (exact) mass is 237 g/mol. The Morgan fingerprint density at radius 1 is 1.59 bits per heavy atom. The minimum atomic E-state index is -1.02. The van der Waals surface area contributed by atoms with Gasteiger partial charge in [-0.1, -0.05) is 6.92 Å². The van der Waals surface area contributed by atoms with Crippen molar-refractivity contribution in [2.75, 3.05) is 0 Å². The van der Waals surface area contributed by atoms with E-state index in [4.69, 9.17) is 10.8 Å². The number of carbonyl (C=O) groups excluding carboxylic acids is 1. The van der Waals surface area contributed by atoms with E-state index in [1.807, 2.05) is 6.92 Å². The molecule has 6 nitrogen and oxygen atoms in total. The van der Waals surface area contributed by atoms with Gasteiger partial charge in [0, 0.05) is 6.20 Å². The van der Waals surface area contributed by atoms with Gasteiger partial charge in [-0.2, -0.15) is 0 Å². The first-order chi connectivity index (χ1) is 8.04. The fourth-order valence-electron chi connectivity index (χ4n) is 1.20. The molecule has 0 aliphatic carbocycles. The highest BCUT2D eigenvalue weighted by Gasteiger charge is 2.11. The van der Waals surface area contributed by atoms with Crippen LogP contribution in [0.1, 0.15) is 29.4 Å². The highest BCUT2D eigenvalue weighted by Crippen LogP contribution is 2.01. The number of amides is 1. The van der Waals surface area contributed by atoms with Gasteiger partial charge in [-0.25, -0.2) is 4.79 Å². The van der Waals surface area contributed by atoms with Crippen molar-refractivity contribution in [2.24, 2.45) is 5.73 Å². The van der Waals surface area contributed by atoms with Crippen LogP contribution in [0, 0.1) is 0 Å². The van der Waals surface area contributed by atoms with Crippen LogP contribution in [0.2, 0.25) is 0 Å². The Hall–Kier alpha value is -1.95. The van der Waals surface area contributed by atoms with Gasteiger partial charge in [0.2, 0.25) is 5.91 Å². The lowest BCUT2D eigenvalue weighted by Gasteiger charge is -2.09. The minimum Gasteiger partial charge on any atom is -0.478 e. The number of pyridine rings is 1. The Labute approximate surface area is 98.8 Å². The number of aromatic nitrogens is 1. The van der Waals surface area contributed by atoms with Gasteiger partial charge in [0.1, 0.15) is 0 Å². The Morgan fingerprint density at radius 2 is 2.29 bits per heavy atom. The van der Waals surface area contributed by atoms with Gasteiger partial charge >= 0.3 is 5.97 Å². The number of carbonyl (C=O) groups is 2. The van der Waals surface area contributed by atoms with Gasteiger partial charge in [-0.15, -0.1) is 0 Å². The zero-order chi connectivity index (χ0) is 12.8. The third-order valence-electron chi connectivity index (χ3n) is 2.28. The number of hydrogen-bond acceptors (Lipinski definition) is 4. The van der Waals surface area contributed by atoms with Crippen LogP contribution in [0.3, 0.4) is 0 Å². The second-order valence-electron chi connectivity index (χ2n) is 3.57. The standard InChI is InChI=1S/C11H15N3O3/c1-2-9(12)10(15)14-6-8-5-7(11(16)17)3-4-13-8/h3-5,9H,2,6,12H2,1H3,(H,14,15)(H,16,17)/t9-/m1/s1. The number of carboxylic acid groups (broad SMARTS) is 1. The van der Waals surface area contributed by atoms with Crippen molar-refractivity contribution in [1.29, 1.82) is 0 Å². The number of carboxylic acids is 1. The summed E-state index contributed by atoms with van der Waals surface area (Å²) in [4.78, 5) is 26.1. The lowest BCUT2D eigenvalue weighted by atomic mass is 10.2. The summed E-state index contributed by atoms with van der Waals surface area (Å²) in [5.41, 5.74) is 6.16. The normalized spacial score (nSPS) is 11.9. The molecule has 0 aliphatic rings. The maximum Gasteiger partial charge on any atom is 0.335 e. The minimum absolute atomic E-state index is 0.143. The Kier molecular flexibility index (Phi) is 4.59. The summed E-state index contributed by atoms with van der Waals surface area (Å²) in [6.07, 6.45) is 1.94. The molecule has 0 saturated carbocycles. The molecule has 1 atom stereocenters. The molecule has 1 aromatic rings. The molecule has 0 saturated heterocycles. The third-order valence-corrected chi connectivity index (χ3v) is 2.28. The molecular formula is C11H15N3O3. The molecule has 1 rings (SSSR count). The summed E-state index contributed by atoms with van der Waals surface area (Å²) in [5.74, 6) is -1.29. The van der Waals surface area contributed by atoms with Crippen LogP contribution in [0.5, 0.6) is 0 Å². The predicted molar refractivity (Wildman–Crippen MR) is 61.3 cm³/mol. The van der Waals surface area contributed by atoms with Crippen LogP contribution in [0.25, 0.3) is 0 Å². The first kappa shape index (κ1) is 13.1. The molecule has 0 unspecified atom stereocenters. The first-order valence-corrected chi connectivity index (χ1v) is 5.26. The highest BCUT2D eigenvalue weighted by molar-refractivity contribution is 5.87. The topological polar surface area (TPSA) is 105 Å². The quantitative estimate of drug-likeness (QED) is 0.675. The number of nitrogens with two attached hydrogens (primary N) is 1. The molecule has 0 aliphatic heterocycles. The van der Waals surface area contributed by atoms with Crippen molar-refractivity contribution in [3.8, 4) is 0 Å². The van der Waals surface area contributed by atoms with Crippen LogP contribution in [-0.2, 0) is 11.3 Å². The Bertz CT molecular complexity index is 420. The number of aromatic carboxylic acids is 1. The second kappa shape index (κ2) is 5.95. The van der Waals surface area contributed by atoms with Gasteiger partial charge in [0.15, 0.2) is 0 Å². The molecule has 1 aromatic heterocycles. The zero-order valence-electron chi connectivity index (χ0n) is 9.51. The molecule has 1 heterocycles. The number of nitrogens with one attached hydrogen (secondary N) is 1. The lowest BCUT2D eigenvalue weighted by Crippen LogP contribution is -2.39. The molecule has 0 fully saturated rings.